The van der Waals surface area contributed by atoms with Gasteiger partial charge >= 0.3 is 6.09 Å². The Morgan fingerprint density at radius 2 is 1.84 bits per heavy atom. The van der Waals surface area contributed by atoms with E-state index in [0.717, 1.165) is 11.1 Å². The molecule has 0 aliphatic carbocycles. The highest BCUT2D eigenvalue weighted by Gasteiger charge is 2.44. The number of amides is 2. The Hall–Kier alpha value is -4.27. The maximum atomic E-state index is 14.3. The van der Waals surface area contributed by atoms with Crippen molar-refractivity contribution in [1.29, 1.82) is 0 Å². The van der Waals surface area contributed by atoms with Gasteiger partial charge < -0.3 is 34.7 Å². The van der Waals surface area contributed by atoms with Crippen LogP contribution < -0.4 is 15.4 Å². The standard InChI is InChI=1S/C37H43N3O9S/c1-23(2)20-40(50(44,45)27-13-14-31-29(19-27)30(35(42)38-31)17-25-9-11-26(46-3)12-10-25)21-33(41)32(18-24-7-5-4-6-8-24)39-37(43)49-34-22-48-36-28(34)15-16-47-36/h4-14,17,19,23,28,32-34,36,41H,15-16,18,20-22H2,1-3H3,(H,38,42)(H,39,43). The zero-order valence-electron chi connectivity index (χ0n) is 28.3. The van der Waals surface area contributed by atoms with Crippen LogP contribution in [-0.2, 0) is 35.4 Å². The van der Waals surface area contributed by atoms with Gasteiger partial charge in [-0.1, -0.05) is 56.3 Å². The molecule has 0 radical (unpaired) electrons. The number of benzene rings is 3. The lowest BCUT2D eigenvalue weighted by Gasteiger charge is -2.31. The molecule has 12 nitrogen and oxygen atoms in total. The van der Waals surface area contributed by atoms with Crippen LogP contribution in [0.5, 0.6) is 5.75 Å². The van der Waals surface area contributed by atoms with Gasteiger partial charge in [-0.05, 0) is 66.3 Å². The van der Waals surface area contributed by atoms with Crippen LogP contribution in [0.2, 0.25) is 0 Å². The molecular weight excluding hydrogens is 662 g/mol. The number of aliphatic hydroxyl groups excluding tert-OH is 1. The summed E-state index contributed by atoms with van der Waals surface area (Å²) in [6.45, 7) is 4.32. The topological polar surface area (TPSA) is 153 Å². The molecule has 3 N–H and O–H groups in total. The van der Waals surface area contributed by atoms with Gasteiger partial charge in [0.15, 0.2) is 6.29 Å². The van der Waals surface area contributed by atoms with Crippen molar-refractivity contribution in [3.05, 3.63) is 89.5 Å². The SMILES string of the molecule is COc1ccc(C=C2C(=O)Nc3ccc(S(=O)(=O)N(CC(C)C)CC(O)C(Cc4ccccc4)NC(=O)OC4COC5OCCC45)cc32)cc1. The minimum Gasteiger partial charge on any atom is -0.497 e. The number of hydrogen-bond acceptors (Lipinski definition) is 9. The summed E-state index contributed by atoms with van der Waals surface area (Å²) in [5, 5.41) is 17.3. The van der Waals surface area contributed by atoms with Crippen molar-refractivity contribution >= 4 is 39.4 Å². The Morgan fingerprint density at radius 1 is 1.08 bits per heavy atom. The van der Waals surface area contributed by atoms with Gasteiger partial charge in [-0.25, -0.2) is 13.2 Å². The van der Waals surface area contributed by atoms with E-state index in [9.17, 15) is 23.1 Å². The van der Waals surface area contributed by atoms with Crippen LogP contribution in [-0.4, -0.2) is 87.8 Å². The molecule has 3 aliphatic heterocycles. The molecule has 5 unspecified atom stereocenters. The molecule has 0 bridgehead atoms. The summed E-state index contributed by atoms with van der Waals surface area (Å²) in [7, 11) is -2.61. The first-order valence-corrected chi connectivity index (χ1v) is 18.2. The minimum absolute atomic E-state index is 0.0252. The zero-order chi connectivity index (χ0) is 35.4. The number of nitrogens with zero attached hydrogens (tertiary/aromatic N) is 1. The normalized spacial score (nSPS) is 21.9. The van der Waals surface area contributed by atoms with E-state index >= 15 is 0 Å². The summed E-state index contributed by atoms with van der Waals surface area (Å²) < 4.78 is 51.9. The Bertz CT molecular complexity index is 1820. The number of hydrogen-bond donors (Lipinski definition) is 3. The van der Waals surface area contributed by atoms with Crippen LogP contribution in [0.25, 0.3) is 11.6 Å². The first-order chi connectivity index (χ1) is 24.0. The van der Waals surface area contributed by atoms with E-state index < -0.39 is 40.7 Å². The molecule has 3 aromatic carbocycles. The lowest BCUT2D eigenvalue weighted by molar-refractivity contribution is -0.110. The third-order valence-electron chi connectivity index (χ3n) is 9.11. The second-order valence-electron chi connectivity index (χ2n) is 13.2. The molecule has 2 fully saturated rings. The minimum atomic E-state index is -4.18. The van der Waals surface area contributed by atoms with Gasteiger partial charge in [0.25, 0.3) is 5.91 Å². The molecule has 5 atom stereocenters. The van der Waals surface area contributed by atoms with Gasteiger partial charge in [0.05, 0.1) is 43.3 Å². The molecule has 0 saturated carbocycles. The van der Waals surface area contributed by atoms with E-state index in [0.29, 0.717) is 35.6 Å². The van der Waals surface area contributed by atoms with E-state index in [1.165, 1.54) is 16.4 Å². The molecular formula is C37H43N3O9S. The fraction of sp³-hybridized carbons (Fsp3) is 0.405. The molecule has 0 spiro atoms. The molecule has 2 amide bonds. The first kappa shape index (κ1) is 35.6. The van der Waals surface area contributed by atoms with Crippen LogP contribution in [0.15, 0.2) is 77.7 Å². The molecule has 13 heteroatoms. The number of aliphatic hydroxyl groups is 1. The number of nitrogens with one attached hydrogen (secondary N) is 2. The molecule has 2 saturated heterocycles. The number of fused-ring (bicyclic) bond motifs is 2. The number of alkyl carbamates (subject to hydrolysis) is 1. The predicted molar refractivity (Wildman–Crippen MR) is 187 cm³/mol. The number of carbonyl (C=O) groups excluding carboxylic acids is 2. The fourth-order valence-electron chi connectivity index (χ4n) is 6.52. The summed E-state index contributed by atoms with van der Waals surface area (Å²) >= 11 is 0. The highest BCUT2D eigenvalue weighted by atomic mass is 32.2. The number of anilines is 1. The molecule has 3 aromatic rings. The number of sulfonamides is 1. The van der Waals surface area contributed by atoms with Crippen molar-refractivity contribution in [3.8, 4) is 5.75 Å². The van der Waals surface area contributed by atoms with Gasteiger partial charge in [0, 0.05) is 29.9 Å². The van der Waals surface area contributed by atoms with Crippen LogP contribution in [0, 0.1) is 11.8 Å². The van der Waals surface area contributed by atoms with Gasteiger partial charge in [-0.2, -0.15) is 4.31 Å². The lowest BCUT2D eigenvalue weighted by Crippen LogP contribution is -2.51. The van der Waals surface area contributed by atoms with Crippen molar-refractivity contribution < 1.29 is 42.1 Å². The van der Waals surface area contributed by atoms with E-state index in [4.69, 9.17) is 18.9 Å². The Balaban J connectivity index is 1.24. The second-order valence-corrected chi connectivity index (χ2v) is 15.1. The van der Waals surface area contributed by atoms with Crippen molar-refractivity contribution in [2.45, 2.75) is 56.1 Å². The summed E-state index contributed by atoms with van der Waals surface area (Å²) in [5.74, 6) is 0.175. The zero-order valence-corrected chi connectivity index (χ0v) is 29.1. The highest BCUT2D eigenvalue weighted by molar-refractivity contribution is 7.89. The summed E-state index contributed by atoms with van der Waals surface area (Å²) in [4.78, 5) is 26.1. The monoisotopic (exact) mass is 705 g/mol. The van der Waals surface area contributed by atoms with E-state index in [2.05, 4.69) is 10.6 Å². The van der Waals surface area contributed by atoms with Gasteiger partial charge in [-0.15, -0.1) is 0 Å². The smallest absolute Gasteiger partial charge is 0.407 e. The van der Waals surface area contributed by atoms with E-state index in [1.807, 2.05) is 44.2 Å². The number of methoxy groups -OCH3 is 1. The van der Waals surface area contributed by atoms with Gasteiger partial charge in [0.1, 0.15) is 11.9 Å². The third kappa shape index (κ3) is 8.03. The van der Waals surface area contributed by atoms with Crippen LogP contribution in [0.3, 0.4) is 0 Å². The third-order valence-corrected chi connectivity index (χ3v) is 10.9. The van der Waals surface area contributed by atoms with Crippen LogP contribution in [0.4, 0.5) is 10.5 Å². The molecule has 6 rings (SSSR count). The van der Waals surface area contributed by atoms with Gasteiger partial charge in [-0.3, -0.25) is 4.79 Å². The Labute approximate surface area is 292 Å². The number of ether oxygens (including phenoxy) is 4. The highest BCUT2D eigenvalue weighted by Crippen LogP contribution is 2.36. The quantitative estimate of drug-likeness (QED) is 0.221. The molecule has 50 heavy (non-hydrogen) atoms. The molecule has 3 aliphatic rings. The Morgan fingerprint density at radius 3 is 2.56 bits per heavy atom. The Kier molecular flexibility index (Phi) is 10.9. The van der Waals surface area contributed by atoms with Crippen molar-refractivity contribution in [2.75, 3.05) is 38.7 Å². The van der Waals surface area contributed by atoms with Crippen LogP contribution >= 0.6 is 0 Å². The lowest BCUT2D eigenvalue weighted by atomic mass is 10.0. The molecule has 266 valence electrons. The number of carbonyl (C=O) groups is 2. The van der Waals surface area contributed by atoms with Crippen LogP contribution in [0.1, 0.15) is 37.0 Å². The van der Waals surface area contributed by atoms with Crippen molar-refractivity contribution in [3.63, 3.8) is 0 Å². The summed E-state index contributed by atoms with van der Waals surface area (Å²) in [6, 6.07) is 20.1. The van der Waals surface area contributed by atoms with E-state index in [1.54, 1.807) is 43.5 Å². The molecule has 3 heterocycles. The van der Waals surface area contributed by atoms with Crippen molar-refractivity contribution in [2.24, 2.45) is 11.8 Å². The fourth-order valence-corrected chi connectivity index (χ4v) is 8.17. The second kappa shape index (κ2) is 15.3. The number of rotatable bonds is 13. The average molecular weight is 706 g/mol. The first-order valence-electron chi connectivity index (χ1n) is 16.8. The van der Waals surface area contributed by atoms with E-state index in [-0.39, 0.29) is 48.8 Å². The largest absolute Gasteiger partial charge is 0.497 e. The maximum absolute atomic E-state index is 14.3. The average Bonchev–Trinajstić information content (AvgIpc) is 3.80. The summed E-state index contributed by atoms with van der Waals surface area (Å²) in [5.41, 5.74) is 2.86. The van der Waals surface area contributed by atoms with Crippen molar-refractivity contribution in [1.82, 2.24) is 9.62 Å². The van der Waals surface area contributed by atoms with Gasteiger partial charge in [0.2, 0.25) is 10.0 Å². The molecule has 0 aromatic heterocycles. The predicted octanol–water partition coefficient (Wildman–Crippen LogP) is 4.29. The summed E-state index contributed by atoms with van der Waals surface area (Å²) in [6.07, 6.45) is -0.265. The maximum Gasteiger partial charge on any atom is 0.407 e.